The molecule has 0 radical (unpaired) electrons. The van der Waals surface area contributed by atoms with Gasteiger partial charge in [0, 0.05) is 19.6 Å². The van der Waals surface area contributed by atoms with Crippen LogP contribution in [0.2, 0.25) is 0 Å². The molecule has 1 atom stereocenters. The Morgan fingerprint density at radius 2 is 2.62 bits per heavy atom. The highest BCUT2D eigenvalue weighted by Gasteiger charge is 2.46. The fourth-order valence-corrected chi connectivity index (χ4v) is 1.16. The van der Waals surface area contributed by atoms with Gasteiger partial charge in [0.05, 0.1) is 0 Å². The van der Waals surface area contributed by atoms with Gasteiger partial charge in [-0.2, -0.15) is 0 Å². The molecule has 1 N–H and O–H groups in total. The number of fused-ring (bicyclic) bond motifs is 1. The summed E-state index contributed by atoms with van der Waals surface area (Å²) in [5.41, 5.74) is 0. The Morgan fingerprint density at radius 3 is 3.12 bits per heavy atom. The Morgan fingerprint density at radius 1 is 1.75 bits per heavy atom. The summed E-state index contributed by atoms with van der Waals surface area (Å²) in [5.74, 6) is 0.329. The topological polar surface area (TPSA) is 32.1 Å². The van der Waals surface area contributed by atoms with Gasteiger partial charge < -0.3 is 10.2 Å². The summed E-state index contributed by atoms with van der Waals surface area (Å²) >= 11 is 0. The smallest absolute Gasteiger partial charge is 0.247 e. The molecule has 0 aromatic carbocycles. The van der Waals surface area contributed by atoms with Crippen molar-refractivity contribution in [3.8, 4) is 0 Å². The molecule has 0 saturated carbocycles. The molecule has 0 aromatic rings. The van der Waals surface area contributed by atoms with E-state index in [1.165, 1.54) is 0 Å². The normalized spacial score (nSPS) is 34.8. The molecule has 0 spiro atoms. The van der Waals surface area contributed by atoms with E-state index in [9.17, 15) is 4.79 Å². The SMILES string of the molecule is O=C1C2CNCCN12. The third-order valence-corrected chi connectivity index (χ3v) is 1.74. The van der Waals surface area contributed by atoms with Crippen LogP contribution in [-0.2, 0) is 4.79 Å². The second-order valence-electron chi connectivity index (χ2n) is 2.25. The van der Waals surface area contributed by atoms with Crippen LogP contribution < -0.4 is 5.32 Å². The zero-order chi connectivity index (χ0) is 5.56. The zero-order valence-corrected chi connectivity index (χ0v) is 4.55. The molecule has 1 unspecified atom stereocenters. The molecular weight excluding hydrogens is 104 g/mol. The molecule has 8 heavy (non-hydrogen) atoms. The standard InChI is InChI=1S/C5H8N2O/c8-5-4-3-6-1-2-7(4)5/h4,6H,1-3H2. The third-order valence-electron chi connectivity index (χ3n) is 1.74. The summed E-state index contributed by atoms with van der Waals surface area (Å²) in [6, 6.07) is 0.253. The van der Waals surface area contributed by atoms with Crippen LogP contribution >= 0.6 is 0 Å². The molecule has 1 amide bonds. The Balaban J connectivity index is 2.07. The predicted molar refractivity (Wildman–Crippen MR) is 28.4 cm³/mol. The van der Waals surface area contributed by atoms with Crippen LogP contribution in [0.1, 0.15) is 0 Å². The van der Waals surface area contributed by atoms with Gasteiger partial charge in [0.25, 0.3) is 0 Å². The Labute approximate surface area is 47.7 Å². The molecule has 2 rings (SSSR count). The number of carbonyl (C=O) groups excluding carboxylic acids is 1. The maximum Gasteiger partial charge on any atom is 0.247 e. The van der Waals surface area contributed by atoms with Gasteiger partial charge in [-0.15, -0.1) is 0 Å². The maximum absolute atomic E-state index is 10.6. The molecule has 2 aliphatic rings. The van der Waals surface area contributed by atoms with Gasteiger partial charge in [-0.1, -0.05) is 0 Å². The number of amides is 1. The van der Waals surface area contributed by atoms with Crippen molar-refractivity contribution in [2.24, 2.45) is 0 Å². The quantitative estimate of drug-likeness (QED) is 0.399. The van der Waals surface area contributed by atoms with Gasteiger partial charge >= 0.3 is 0 Å². The lowest BCUT2D eigenvalue weighted by Gasteiger charge is -2.09. The van der Waals surface area contributed by atoms with Crippen LogP contribution in [0.4, 0.5) is 0 Å². The number of hydrogen-bond donors (Lipinski definition) is 1. The monoisotopic (exact) mass is 112 g/mol. The summed E-state index contributed by atoms with van der Waals surface area (Å²) in [4.78, 5) is 12.5. The van der Waals surface area contributed by atoms with E-state index in [1.807, 2.05) is 4.90 Å². The fraction of sp³-hybridized carbons (Fsp3) is 0.800. The second-order valence-corrected chi connectivity index (χ2v) is 2.25. The van der Waals surface area contributed by atoms with E-state index in [-0.39, 0.29) is 6.04 Å². The van der Waals surface area contributed by atoms with E-state index in [0.29, 0.717) is 5.91 Å². The molecule has 0 bridgehead atoms. The van der Waals surface area contributed by atoms with Gasteiger partial charge in [-0.25, -0.2) is 0 Å². The highest BCUT2D eigenvalue weighted by Crippen LogP contribution is 2.19. The minimum atomic E-state index is 0.253. The summed E-state index contributed by atoms with van der Waals surface area (Å²) in [7, 11) is 0. The number of carbonyl (C=O) groups is 1. The van der Waals surface area contributed by atoms with E-state index in [2.05, 4.69) is 5.32 Å². The van der Waals surface area contributed by atoms with Gasteiger partial charge in [0.1, 0.15) is 6.04 Å². The molecular formula is C5H8N2O. The fourth-order valence-electron chi connectivity index (χ4n) is 1.16. The molecule has 0 aromatic heterocycles. The van der Waals surface area contributed by atoms with Crippen molar-refractivity contribution in [3.05, 3.63) is 0 Å². The molecule has 2 heterocycles. The summed E-state index contributed by atoms with van der Waals surface area (Å²) in [6.07, 6.45) is 0. The molecule has 3 heteroatoms. The average Bonchev–Trinajstić information content (AvgIpc) is 2.46. The zero-order valence-electron chi connectivity index (χ0n) is 4.55. The average molecular weight is 112 g/mol. The van der Waals surface area contributed by atoms with Crippen molar-refractivity contribution in [3.63, 3.8) is 0 Å². The van der Waals surface area contributed by atoms with E-state index >= 15 is 0 Å². The minimum absolute atomic E-state index is 0.253. The number of nitrogens with one attached hydrogen (secondary N) is 1. The Bertz CT molecular complexity index is 120. The van der Waals surface area contributed by atoms with Crippen molar-refractivity contribution in [1.82, 2.24) is 10.2 Å². The molecule has 3 nitrogen and oxygen atoms in total. The van der Waals surface area contributed by atoms with Crippen molar-refractivity contribution < 1.29 is 4.79 Å². The highest BCUT2D eigenvalue weighted by molar-refractivity contribution is 5.97. The maximum atomic E-state index is 10.6. The predicted octanol–water partition coefficient (Wildman–Crippen LogP) is -1.20. The van der Waals surface area contributed by atoms with Crippen molar-refractivity contribution in [1.29, 1.82) is 0 Å². The first kappa shape index (κ1) is 4.32. The largest absolute Gasteiger partial charge is 0.326 e. The Kier molecular flexibility index (Phi) is 0.663. The summed E-state index contributed by atoms with van der Waals surface area (Å²) in [5, 5.41) is 3.14. The molecule has 2 fully saturated rings. The van der Waals surface area contributed by atoms with Crippen LogP contribution in [0.25, 0.3) is 0 Å². The van der Waals surface area contributed by atoms with Gasteiger partial charge in [0.15, 0.2) is 0 Å². The first-order chi connectivity index (χ1) is 3.89. The van der Waals surface area contributed by atoms with Crippen LogP contribution in [0.5, 0.6) is 0 Å². The lowest BCUT2D eigenvalue weighted by molar-refractivity contribution is -0.113. The first-order valence-corrected chi connectivity index (χ1v) is 2.91. The highest BCUT2D eigenvalue weighted by atomic mass is 16.2. The molecule has 2 saturated heterocycles. The van der Waals surface area contributed by atoms with Crippen LogP contribution in [0, 0.1) is 0 Å². The lowest BCUT2D eigenvalue weighted by atomic mass is 10.4. The van der Waals surface area contributed by atoms with E-state index in [1.54, 1.807) is 0 Å². The van der Waals surface area contributed by atoms with Crippen molar-refractivity contribution in [2.75, 3.05) is 19.6 Å². The van der Waals surface area contributed by atoms with Crippen molar-refractivity contribution in [2.45, 2.75) is 6.04 Å². The number of nitrogens with zero attached hydrogens (tertiary/aromatic N) is 1. The third kappa shape index (κ3) is 0.395. The molecule has 44 valence electrons. The van der Waals surface area contributed by atoms with Gasteiger partial charge in [-0.3, -0.25) is 4.79 Å². The lowest BCUT2D eigenvalue weighted by Crippen LogP contribution is -2.33. The van der Waals surface area contributed by atoms with E-state index in [0.717, 1.165) is 19.6 Å². The van der Waals surface area contributed by atoms with Crippen LogP contribution in [0.3, 0.4) is 0 Å². The number of rotatable bonds is 0. The summed E-state index contributed by atoms with van der Waals surface area (Å²) in [6.45, 7) is 2.77. The van der Waals surface area contributed by atoms with Gasteiger partial charge in [-0.05, 0) is 0 Å². The minimum Gasteiger partial charge on any atom is -0.326 e. The number of piperazine rings is 1. The van der Waals surface area contributed by atoms with E-state index in [4.69, 9.17) is 0 Å². The van der Waals surface area contributed by atoms with Crippen molar-refractivity contribution >= 4 is 5.91 Å². The van der Waals surface area contributed by atoms with Crippen LogP contribution in [0.15, 0.2) is 0 Å². The molecule has 0 aliphatic carbocycles. The number of hydrogen-bond acceptors (Lipinski definition) is 2. The van der Waals surface area contributed by atoms with Crippen LogP contribution in [-0.4, -0.2) is 36.5 Å². The molecule has 2 aliphatic heterocycles. The Hall–Kier alpha value is -0.570. The summed E-state index contributed by atoms with van der Waals surface area (Å²) < 4.78 is 0. The van der Waals surface area contributed by atoms with Gasteiger partial charge in [0.2, 0.25) is 5.91 Å². The first-order valence-electron chi connectivity index (χ1n) is 2.91. The van der Waals surface area contributed by atoms with E-state index < -0.39 is 0 Å². The second kappa shape index (κ2) is 1.23.